The third-order valence-corrected chi connectivity index (χ3v) is 3.96. The zero-order valence-corrected chi connectivity index (χ0v) is 11.5. The summed E-state index contributed by atoms with van der Waals surface area (Å²) in [6.45, 7) is 0. The molecule has 1 aromatic carbocycles. The number of nitrogens with one attached hydrogen (secondary N) is 2. The lowest BCUT2D eigenvalue weighted by atomic mass is 10.3. The van der Waals surface area contributed by atoms with Gasteiger partial charge in [-0.1, -0.05) is 0 Å². The van der Waals surface area contributed by atoms with Gasteiger partial charge in [-0.15, -0.1) is 0 Å². The van der Waals surface area contributed by atoms with Crippen LogP contribution in [0, 0.1) is 17.5 Å². The zero-order valence-electron chi connectivity index (χ0n) is 10.7. The Morgan fingerprint density at radius 1 is 1.14 bits per heavy atom. The molecule has 21 heavy (non-hydrogen) atoms. The van der Waals surface area contributed by atoms with Crippen molar-refractivity contribution in [2.24, 2.45) is 0 Å². The third kappa shape index (κ3) is 3.07. The van der Waals surface area contributed by atoms with Crippen LogP contribution in [-0.2, 0) is 10.0 Å². The zero-order chi connectivity index (χ0) is 15.6. The fourth-order valence-corrected chi connectivity index (χ4v) is 2.86. The van der Waals surface area contributed by atoms with Crippen molar-refractivity contribution < 1.29 is 21.6 Å². The molecule has 9 heteroatoms. The normalized spacial score (nSPS) is 11.2. The highest BCUT2D eigenvalue weighted by atomic mass is 32.2. The number of pyridine rings is 1. The summed E-state index contributed by atoms with van der Waals surface area (Å²) in [6.07, 6.45) is 2.37. The van der Waals surface area contributed by atoms with E-state index in [1.165, 1.54) is 19.3 Å². The van der Waals surface area contributed by atoms with Crippen LogP contribution in [0.3, 0.4) is 0 Å². The summed E-state index contributed by atoms with van der Waals surface area (Å²) in [5.41, 5.74) is -0.761. The highest BCUT2D eigenvalue weighted by Crippen LogP contribution is 2.26. The van der Waals surface area contributed by atoms with Gasteiger partial charge in [0.2, 0.25) is 0 Å². The van der Waals surface area contributed by atoms with Gasteiger partial charge in [0.05, 0.1) is 5.69 Å². The molecule has 2 rings (SSSR count). The molecule has 112 valence electrons. The monoisotopic (exact) mass is 317 g/mol. The number of nitrogens with zero attached hydrogens (tertiary/aromatic N) is 1. The second kappa shape index (κ2) is 5.60. The summed E-state index contributed by atoms with van der Waals surface area (Å²) in [5, 5.41) is 2.62. The van der Waals surface area contributed by atoms with Crippen molar-refractivity contribution in [1.82, 2.24) is 4.98 Å². The minimum Gasteiger partial charge on any atom is -0.387 e. The summed E-state index contributed by atoms with van der Waals surface area (Å²) >= 11 is 0. The van der Waals surface area contributed by atoms with Crippen LogP contribution in [0.2, 0.25) is 0 Å². The molecule has 0 radical (unpaired) electrons. The summed E-state index contributed by atoms with van der Waals surface area (Å²) < 4.78 is 65.9. The van der Waals surface area contributed by atoms with Crippen LogP contribution in [0.1, 0.15) is 0 Å². The first-order valence-corrected chi connectivity index (χ1v) is 7.12. The first-order valence-electron chi connectivity index (χ1n) is 5.64. The number of benzene rings is 1. The van der Waals surface area contributed by atoms with Gasteiger partial charge in [-0.05, 0) is 6.07 Å². The third-order valence-electron chi connectivity index (χ3n) is 2.59. The van der Waals surface area contributed by atoms with E-state index in [0.717, 1.165) is 6.20 Å². The summed E-state index contributed by atoms with van der Waals surface area (Å²) in [6, 6.07) is 2.14. The van der Waals surface area contributed by atoms with Crippen LogP contribution < -0.4 is 10.0 Å². The van der Waals surface area contributed by atoms with Gasteiger partial charge in [0.25, 0.3) is 10.0 Å². The first kappa shape index (κ1) is 15.1. The fourth-order valence-electron chi connectivity index (χ4n) is 1.63. The summed E-state index contributed by atoms with van der Waals surface area (Å²) in [5.74, 6) is -3.86. The molecule has 0 bridgehead atoms. The van der Waals surface area contributed by atoms with E-state index in [2.05, 4.69) is 10.3 Å². The van der Waals surface area contributed by atoms with E-state index in [1.54, 1.807) is 4.72 Å². The largest absolute Gasteiger partial charge is 0.387 e. The van der Waals surface area contributed by atoms with Gasteiger partial charge in [0, 0.05) is 31.6 Å². The summed E-state index contributed by atoms with van der Waals surface area (Å²) in [7, 11) is -2.81. The molecule has 0 aliphatic heterocycles. The quantitative estimate of drug-likeness (QED) is 0.908. The van der Waals surface area contributed by atoms with Crippen molar-refractivity contribution in [2.75, 3.05) is 17.1 Å². The predicted molar refractivity (Wildman–Crippen MR) is 70.9 cm³/mol. The summed E-state index contributed by atoms with van der Waals surface area (Å²) in [4.78, 5) is 3.36. The van der Waals surface area contributed by atoms with Crippen LogP contribution >= 0.6 is 0 Å². The Morgan fingerprint density at radius 2 is 1.76 bits per heavy atom. The Balaban J connectivity index is 2.48. The molecule has 0 aliphatic rings. The molecule has 0 saturated heterocycles. The van der Waals surface area contributed by atoms with Crippen LogP contribution in [-0.4, -0.2) is 20.4 Å². The van der Waals surface area contributed by atoms with E-state index in [9.17, 15) is 21.6 Å². The Kier molecular flexibility index (Phi) is 4.03. The van der Waals surface area contributed by atoms with Crippen molar-refractivity contribution in [1.29, 1.82) is 0 Å². The molecule has 0 saturated carbocycles. The van der Waals surface area contributed by atoms with E-state index in [4.69, 9.17) is 0 Å². The molecule has 0 unspecified atom stereocenters. The number of hydrogen-bond donors (Lipinski definition) is 2. The molecule has 5 nitrogen and oxygen atoms in total. The minimum absolute atomic E-state index is 0.195. The molecule has 0 fully saturated rings. The van der Waals surface area contributed by atoms with Crippen LogP contribution in [0.4, 0.5) is 24.5 Å². The standard InChI is InChI=1S/C12H10F3N3O2S/c1-16-10-2-3-17-6-11(10)21(19,20)18-12-8(14)4-7(13)5-9(12)15/h2-6,18H,1H3,(H,16,17). The van der Waals surface area contributed by atoms with Crippen LogP contribution in [0.5, 0.6) is 0 Å². The number of sulfonamides is 1. The van der Waals surface area contributed by atoms with Gasteiger partial charge in [0.1, 0.15) is 16.4 Å². The average Bonchev–Trinajstić information content (AvgIpc) is 2.43. The Labute approximate surface area is 118 Å². The fraction of sp³-hybridized carbons (Fsp3) is 0.0833. The van der Waals surface area contributed by atoms with Crippen LogP contribution in [0.15, 0.2) is 35.5 Å². The van der Waals surface area contributed by atoms with E-state index >= 15 is 0 Å². The molecular weight excluding hydrogens is 307 g/mol. The lowest BCUT2D eigenvalue weighted by Crippen LogP contribution is -2.17. The average molecular weight is 317 g/mol. The molecule has 1 heterocycles. The van der Waals surface area contributed by atoms with Gasteiger partial charge in [-0.3, -0.25) is 9.71 Å². The van der Waals surface area contributed by atoms with Gasteiger partial charge in [-0.2, -0.15) is 0 Å². The van der Waals surface area contributed by atoms with Gasteiger partial charge in [-0.25, -0.2) is 21.6 Å². The lowest BCUT2D eigenvalue weighted by molar-refractivity contribution is 0.547. The van der Waals surface area contributed by atoms with Crippen molar-refractivity contribution in [3.05, 3.63) is 48.0 Å². The minimum atomic E-state index is -4.29. The molecule has 1 aromatic heterocycles. The molecule has 0 atom stereocenters. The topological polar surface area (TPSA) is 71.1 Å². The van der Waals surface area contributed by atoms with Gasteiger partial charge < -0.3 is 5.32 Å². The molecular formula is C12H10F3N3O2S. The Bertz CT molecular complexity index is 758. The Hall–Kier alpha value is -2.29. The van der Waals surface area contributed by atoms with E-state index in [-0.39, 0.29) is 10.6 Å². The SMILES string of the molecule is CNc1ccncc1S(=O)(=O)Nc1c(F)cc(F)cc1F. The molecule has 0 aliphatic carbocycles. The highest BCUT2D eigenvalue weighted by Gasteiger charge is 2.22. The van der Waals surface area contributed by atoms with Crippen molar-refractivity contribution in [2.45, 2.75) is 4.90 Å². The molecule has 0 amide bonds. The smallest absolute Gasteiger partial charge is 0.265 e. The molecule has 2 aromatic rings. The maximum Gasteiger partial charge on any atom is 0.265 e. The molecule has 2 N–H and O–H groups in total. The number of aromatic nitrogens is 1. The highest BCUT2D eigenvalue weighted by molar-refractivity contribution is 7.92. The van der Waals surface area contributed by atoms with Crippen molar-refractivity contribution >= 4 is 21.4 Å². The first-order chi connectivity index (χ1) is 9.85. The maximum atomic E-state index is 13.5. The van der Waals surface area contributed by atoms with Crippen molar-refractivity contribution in [3.8, 4) is 0 Å². The number of halogens is 3. The van der Waals surface area contributed by atoms with Crippen LogP contribution in [0.25, 0.3) is 0 Å². The van der Waals surface area contributed by atoms with Gasteiger partial charge in [0.15, 0.2) is 11.6 Å². The van der Waals surface area contributed by atoms with Crippen molar-refractivity contribution in [3.63, 3.8) is 0 Å². The van der Waals surface area contributed by atoms with E-state index in [1.807, 2.05) is 0 Å². The number of hydrogen-bond acceptors (Lipinski definition) is 4. The number of anilines is 2. The van der Waals surface area contributed by atoms with E-state index < -0.39 is 33.2 Å². The van der Waals surface area contributed by atoms with E-state index in [0.29, 0.717) is 12.1 Å². The predicted octanol–water partition coefficient (Wildman–Crippen LogP) is 2.34. The second-order valence-electron chi connectivity index (χ2n) is 3.97. The second-order valence-corrected chi connectivity index (χ2v) is 5.62. The number of rotatable bonds is 4. The lowest BCUT2D eigenvalue weighted by Gasteiger charge is -2.12. The molecule has 0 spiro atoms. The maximum absolute atomic E-state index is 13.5. The van der Waals surface area contributed by atoms with Gasteiger partial charge >= 0.3 is 0 Å². The Morgan fingerprint density at radius 3 is 2.33 bits per heavy atom.